The molecular formula is C12H11N3O4. The van der Waals surface area contributed by atoms with Crippen LogP contribution in [0.2, 0.25) is 0 Å². The third-order valence-corrected chi connectivity index (χ3v) is 2.20. The average Bonchev–Trinajstić information content (AvgIpc) is 2.37. The number of hydrogen-bond acceptors (Lipinski definition) is 6. The highest BCUT2D eigenvalue weighted by atomic mass is 16.6. The molecule has 0 saturated carbocycles. The molecule has 0 fully saturated rings. The fourth-order valence-electron chi connectivity index (χ4n) is 1.26. The number of Topliss-reactive ketones (excluding diaryl/α,β-unsaturated/α-hetero) is 1. The fraction of sp³-hybridized carbons (Fsp3) is 0.167. The first kappa shape index (κ1) is 14.2. The van der Waals surface area contributed by atoms with Crippen molar-refractivity contribution in [3.8, 4) is 11.8 Å². The second-order valence-corrected chi connectivity index (χ2v) is 3.63. The Balaban J connectivity index is 2.68. The number of nitro groups is 1. The predicted molar refractivity (Wildman–Crippen MR) is 66.1 cm³/mol. The maximum atomic E-state index is 11.6. The van der Waals surface area contributed by atoms with Crippen LogP contribution in [0, 0.1) is 21.4 Å². The maximum Gasteiger partial charge on any atom is 0.269 e. The van der Waals surface area contributed by atoms with Gasteiger partial charge in [0.15, 0.2) is 6.61 Å². The van der Waals surface area contributed by atoms with Crippen LogP contribution in [0.3, 0.4) is 0 Å². The Kier molecular flexibility index (Phi) is 4.60. The van der Waals surface area contributed by atoms with Crippen LogP contribution in [0.25, 0.3) is 0 Å². The van der Waals surface area contributed by atoms with Gasteiger partial charge in [0, 0.05) is 17.8 Å². The Morgan fingerprint density at radius 2 is 2.05 bits per heavy atom. The van der Waals surface area contributed by atoms with E-state index in [1.165, 1.54) is 31.2 Å². The summed E-state index contributed by atoms with van der Waals surface area (Å²) in [7, 11) is 0. The summed E-state index contributed by atoms with van der Waals surface area (Å²) in [6, 6.07) is 6.96. The van der Waals surface area contributed by atoms with Crippen LogP contribution in [0.4, 0.5) is 5.69 Å². The van der Waals surface area contributed by atoms with Crippen molar-refractivity contribution in [3.63, 3.8) is 0 Å². The number of hydrogen-bond donors (Lipinski definition) is 1. The largest absolute Gasteiger partial charge is 0.485 e. The number of nitrogens with zero attached hydrogens (tertiary/aromatic N) is 2. The Labute approximate surface area is 109 Å². The van der Waals surface area contributed by atoms with Crippen LogP contribution in [-0.2, 0) is 4.79 Å². The molecule has 1 aromatic rings. The number of ketones is 1. The number of non-ortho nitro benzene ring substituents is 1. The SMILES string of the molecule is C/C(N)=C(\C#N)C(=O)COc1ccc([N+](=O)[O-])cc1. The van der Waals surface area contributed by atoms with E-state index in [-0.39, 0.29) is 23.6 Å². The van der Waals surface area contributed by atoms with Gasteiger partial charge >= 0.3 is 0 Å². The van der Waals surface area contributed by atoms with Gasteiger partial charge in [-0.15, -0.1) is 0 Å². The van der Waals surface area contributed by atoms with Gasteiger partial charge in [-0.1, -0.05) is 0 Å². The summed E-state index contributed by atoms with van der Waals surface area (Å²) in [6.07, 6.45) is 0. The summed E-state index contributed by atoms with van der Waals surface area (Å²) < 4.78 is 5.12. The molecular weight excluding hydrogens is 250 g/mol. The fourth-order valence-corrected chi connectivity index (χ4v) is 1.26. The lowest BCUT2D eigenvalue weighted by Crippen LogP contribution is -2.16. The molecule has 0 radical (unpaired) electrons. The van der Waals surface area contributed by atoms with E-state index in [0.29, 0.717) is 5.75 Å². The van der Waals surface area contributed by atoms with Gasteiger partial charge in [0.2, 0.25) is 5.78 Å². The van der Waals surface area contributed by atoms with Gasteiger partial charge in [-0.3, -0.25) is 14.9 Å². The molecule has 98 valence electrons. The number of nitrogens with two attached hydrogens (primary N) is 1. The Bertz CT molecular complexity index is 566. The highest BCUT2D eigenvalue weighted by Crippen LogP contribution is 2.17. The molecule has 0 spiro atoms. The molecule has 0 aliphatic heterocycles. The van der Waals surface area contributed by atoms with E-state index in [0.717, 1.165) is 0 Å². The van der Waals surface area contributed by atoms with Gasteiger partial charge in [-0.2, -0.15) is 5.26 Å². The summed E-state index contributed by atoms with van der Waals surface area (Å²) in [5.74, 6) is -0.244. The van der Waals surface area contributed by atoms with Gasteiger partial charge in [0.1, 0.15) is 17.4 Å². The molecule has 0 heterocycles. The first-order valence-electron chi connectivity index (χ1n) is 5.22. The molecule has 0 atom stereocenters. The lowest BCUT2D eigenvalue weighted by Gasteiger charge is -2.05. The summed E-state index contributed by atoms with van der Waals surface area (Å²) in [5.41, 5.74) is 5.27. The summed E-state index contributed by atoms with van der Waals surface area (Å²) in [6.45, 7) is 1.09. The topological polar surface area (TPSA) is 119 Å². The summed E-state index contributed by atoms with van der Waals surface area (Å²) >= 11 is 0. The molecule has 0 aliphatic carbocycles. The average molecular weight is 261 g/mol. The molecule has 0 saturated heterocycles. The summed E-state index contributed by atoms with van der Waals surface area (Å²) in [5, 5.41) is 19.2. The molecule has 1 rings (SSSR count). The van der Waals surface area contributed by atoms with Crippen molar-refractivity contribution in [2.75, 3.05) is 6.61 Å². The van der Waals surface area contributed by atoms with E-state index >= 15 is 0 Å². The minimum absolute atomic E-state index is 0.0749. The molecule has 0 amide bonds. The second-order valence-electron chi connectivity index (χ2n) is 3.63. The smallest absolute Gasteiger partial charge is 0.269 e. The first-order chi connectivity index (χ1) is 8.95. The molecule has 19 heavy (non-hydrogen) atoms. The number of rotatable bonds is 5. The zero-order valence-corrected chi connectivity index (χ0v) is 10.1. The predicted octanol–water partition coefficient (Wildman–Crippen LogP) is 1.30. The van der Waals surface area contributed by atoms with Crippen LogP contribution in [0.5, 0.6) is 5.75 Å². The number of carbonyl (C=O) groups excluding carboxylic acids is 1. The maximum absolute atomic E-state index is 11.6. The van der Waals surface area contributed by atoms with Crippen molar-refractivity contribution in [3.05, 3.63) is 45.6 Å². The summed E-state index contributed by atoms with van der Waals surface area (Å²) in [4.78, 5) is 21.5. The van der Waals surface area contributed by atoms with E-state index in [1.807, 2.05) is 0 Å². The number of nitro benzene ring substituents is 1. The highest BCUT2D eigenvalue weighted by Gasteiger charge is 2.12. The first-order valence-corrected chi connectivity index (χ1v) is 5.22. The van der Waals surface area contributed by atoms with E-state index in [4.69, 9.17) is 15.7 Å². The molecule has 0 bridgehead atoms. The minimum Gasteiger partial charge on any atom is -0.485 e. The van der Waals surface area contributed by atoms with Crippen molar-refractivity contribution in [1.29, 1.82) is 5.26 Å². The van der Waals surface area contributed by atoms with Crippen LogP contribution < -0.4 is 10.5 Å². The Morgan fingerprint density at radius 1 is 1.47 bits per heavy atom. The molecule has 7 nitrogen and oxygen atoms in total. The van der Waals surface area contributed by atoms with Crippen LogP contribution in [0.15, 0.2) is 35.5 Å². The van der Waals surface area contributed by atoms with E-state index in [1.54, 1.807) is 6.07 Å². The van der Waals surface area contributed by atoms with Crippen molar-refractivity contribution in [2.24, 2.45) is 5.73 Å². The molecule has 0 aromatic heterocycles. The third kappa shape index (κ3) is 3.81. The van der Waals surface area contributed by atoms with Gasteiger partial charge in [0.25, 0.3) is 5.69 Å². The third-order valence-electron chi connectivity index (χ3n) is 2.20. The van der Waals surface area contributed by atoms with Crippen molar-refractivity contribution < 1.29 is 14.5 Å². The molecule has 0 unspecified atom stereocenters. The van der Waals surface area contributed by atoms with Crippen LogP contribution >= 0.6 is 0 Å². The minimum atomic E-state index is -0.541. The van der Waals surface area contributed by atoms with Crippen molar-refractivity contribution in [2.45, 2.75) is 6.92 Å². The lowest BCUT2D eigenvalue weighted by atomic mass is 10.1. The Hall–Kier alpha value is -2.88. The highest BCUT2D eigenvalue weighted by molar-refractivity contribution is 6.00. The molecule has 2 N–H and O–H groups in total. The monoisotopic (exact) mass is 261 g/mol. The molecule has 0 aliphatic rings. The van der Waals surface area contributed by atoms with E-state index in [9.17, 15) is 14.9 Å². The lowest BCUT2D eigenvalue weighted by molar-refractivity contribution is -0.384. The van der Waals surface area contributed by atoms with Crippen molar-refractivity contribution in [1.82, 2.24) is 0 Å². The quantitative estimate of drug-likeness (QED) is 0.369. The number of benzene rings is 1. The van der Waals surface area contributed by atoms with E-state index < -0.39 is 10.7 Å². The zero-order chi connectivity index (χ0) is 14.4. The standard InChI is InChI=1S/C12H11N3O4/c1-8(14)11(6-13)12(16)7-19-10-4-2-9(3-5-10)15(17)18/h2-5H,7,14H2,1H3/b11-8-. The van der Waals surface area contributed by atoms with Crippen molar-refractivity contribution >= 4 is 11.5 Å². The van der Waals surface area contributed by atoms with Gasteiger partial charge in [0.05, 0.1) is 4.92 Å². The zero-order valence-electron chi connectivity index (χ0n) is 10.1. The number of allylic oxidation sites excluding steroid dienone is 1. The Morgan fingerprint density at radius 3 is 2.47 bits per heavy atom. The molecule has 7 heteroatoms. The van der Waals surface area contributed by atoms with Gasteiger partial charge in [-0.05, 0) is 19.1 Å². The number of ether oxygens (including phenoxy) is 1. The van der Waals surface area contributed by atoms with Crippen LogP contribution in [0.1, 0.15) is 6.92 Å². The normalized spacial score (nSPS) is 11.2. The number of nitriles is 1. The van der Waals surface area contributed by atoms with Gasteiger partial charge in [-0.25, -0.2) is 0 Å². The van der Waals surface area contributed by atoms with Crippen LogP contribution in [-0.4, -0.2) is 17.3 Å². The van der Waals surface area contributed by atoms with E-state index in [2.05, 4.69) is 0 Å². The molecule has 1 aromatic carbocycles. The van der Waals surface area contributed by atoms with Gasteiger partial charge < -0.3 is 10.5 Å². The number of carbonyl (C=O) groups is 1. The second kappa shape index (κ2) is 6.16.